The summed E-state index contributed by atoms with van der Waals surface area (Å²) >= 11 is 1.17. The van der Waals surface area contributed by atoms with Gasteiger partial charge in [-0.25, -0.2) is 8.42 Å². The third-order valence-electron chi connectivity index (χ3n) is 4.47. The summed E-state index contributed by atoms with van der Waals surface area (Å²) < 4.78 is 27.2. The van der Waals surface area contributed by atoms with Crippen LogP contribution in [-0.2, 0) is 16.6 Å². The number of nitrogens with zero attached hydrogens (tertiary/aromatic N) is 1. The number of piperidine rings is 1. The topological polar surface area (TPSA) is 66.5 Å². The van der Waals surface area contributed by atoms with Crippen LogP contribution in [-0.4, -0.2) is 31.7 Å². The molecule has 0 atom stereocenters. The van der Waals surface area contributed by atoms with Crippen molar-refractivity contribution >= 4 is 27.3 Å². The Hall–Kier alpha value is -1.70. The summed E-state index contributed by atoms with van der Waals surface area (Å²) in [6, 6.07) is 9.35. The molecule has 2 aromatic rings. The molecule has 1 fully saturated rings. The van der Waals surface area contributed by atoms with Crippen LogP contribution in [0, 0.1) is 6.92 Å². The molecule has 0 bridgehead atoms. The second-order valence-electron chi connectivity index (χ2n) is 6.19. The van der Waals surface area contributed by atoms with Crippen LogP contribution in [0.3, 0.4) is 0 Å². The van der Waals surface area contributed by atoms with E-state index in [-0.39, 0.29) is 15.7 Å². The van der Waals surface area contributed by atoms with Crippen LogP contribution in [0.5, 0.6) is 0 Å². The lowest BCUT2D eigenvalue weighted by Gasteiger charge is -2.25. The highest BCUT2D eigenvalue weighted by molar-refractivity contribution is 7.89. The maximum Gasteiger partial charge on any atom is 0.263 e. The van der Waals surface area contributed by atoms with Gasteiger partial charge in [0.2, 0.25) is 10.0 Å². The summed E-state index contributed by atoms with van der Waals surface area (Å²) in [5.41, 5.74) is 2.11. The Kier molecular flexibility index (Phi) is 5.56. The van der Waals surface area contributed by atoms with E-state index in [0.717, 1.165) is 30.4 Å². The molecule has 1 aliphatic heterocycles. The average Bonchev–Trinajstić information content (AvgIpc) is 3.12. The van der Waals surface area contributed by atoms with Gasteiger partial charge >= 0.3 is 0 Å². The number of rotatable bonds is 5. The van der Waals surface area contributed by atoms with E-state index in [9.17, 15) is 13.2 Å². The number of carbonyl (C=O) groups is 1. The predicted molar refractivity (Wildman–Crippen MR) is 99.3 cm³/mol. The molecule has 0 spiro atoms. The van der Waals surface area contributed by atoms with E-state index in [2.05, 4.69) is 5.32 Å². The van der Waals surface area contributed by atoms with Gasteiger partial charge in [0, 0.05) is 19.6 Å². The molecule has 134 valence electrons. The van der Waals surface area contributed by atoms with Gasteiger partial charge < -0.3 is 5.32 Å². The van der Waals surface area contributed by atoms with Crippen molar-refractivity contribution < 1.29 is 13.2 Å². The number of carbonyl (C=O) groups excluding carboxylic acids is 1. The van der Waals surface area contributed by atoms with Crippen molar-refractivity contribution in [2.45, 2.75) is 37.6 Å². The Balaban J connectivity index is 1.76. The van der Waals surface area contributed by atoms with Crippen LogP contribution >= 0.6 is 11.3 Å². The zero-order valence-corrected chi connectivity index (χ0v) is 15.8. The van der Waals surface area contributed by atoms with Gasteiger partial charge in [-0.1, -0.05) is 30.7 Å². The molecule has 1 aliphatic rings. The molecule has 0 unspecified atom stereocenters. The Morgan fingerprint density at radius 2 is 1.88 bits per heavy atom. The number of thiophene rings is 1. The van der Waals surface area contributed by atoms with Gasteiger partial charge in [-0.15, -0.1) is 11.3 Å². The minimum absolute atomic E-state index is 0.127. The molecule has 1 saturated heterocycles. The highest BCUT2D eigenvalue weighted by Crippen LogP contribution is 2.27. The van der Waals surface area contributed by atoms with Crippen LogP contribution in [0.15, 0.2) is 40.6 Å². The summed E-state index contributed by atoms with van der Waals surface area (Å²) in [6.45, 7) is 3.43. The van der Waals surface area contributed by atoms with Crippen LogP contribution < -0.4 is 5.32 Å². The van der Waals surface area contributed by atoms with E-state index in [4.69, 9.17) is 0 Å². The van der Waals surface area contributed by atoms with Gasteiger partial charge in [0.15, 0.2) is 0 Å². The fourth-order valence-electron chi connectivity index (χ4n) is 2.97. The lowest BCUT2D eigenvalue weighted by molar-refractivity contribution is 0.0951. The normalized spacial score (nSPS) is 15.9. The molecule has 1 aromatic heterocycles. The molecule has 7 heteroatoms. The zero-order chi connectivity index (χ0) is 17.9. The Morgan fingerprint density at radius 1 is 1.16 bits per heavy atom. The van der Waals surface area contributed by atoms with Crippen LogP contribution in [0.2, 0.25) is 0 Å². The highest BCUT2D eigenvalue weighted by Gasteiger charge is 2.30. The lowest BCUT2D eigenvalue weighted by Crippen LogP contribution is -2.36. The van der Waals surface area contributed by atoms with Gasteiger partial charge in [-0.3, -0.25) is 4.79 Å². The van der Waals surface area contributed by atoms with E-state index in [1.165, 1.54) is 21.7 Å². The molecule has 0 aliphatic carbocycles. The minimum Gasteiger partial charge on any atom is -0.347 e. The highest BCUT2D eigenvalue weighted by atomic mass is 32.2. The van der Waals surface area contributed by atoms with Crippen LogP contribution in [0.4, 0.5) is 0 Å². The molecule has 25 heavy (non-hydrogen) atoms. The zero-order valence-electron chi connectivity index (χ0n) is 14.2. The summed E-state index contributed by atoms with van der Waals surface area (Å²) in [5.74, 6) is -0.339. The summed E-state index contributed by atoms with van der Waals surface area (Å²) in [5, 5.41) is 4.51. The van der Waals surface area contributed by atoms with Crippen LogP contribution in [0.1, 0.15) is 40.1 Å². The maximum atomic E-state index is 12.9. The summed E-state index contributed by atoms with van der Waals surface area (Å²) in [6.07, 6.45) is 2.80. The Bertz CT molecular complexity index is 853. The number of benzene rings is 1. The van der Waals surface area contributed by atoms with Gasteiger partial charge in [-0.2, -0.15) is 4.31 Å². The largest absolute Gasteiger partial charge is 0.347 e. The van der Waals surface area contributed by atoms with Crippen molar-refractivity contribution in [2.24, 2.45) is 0 Å². The number of amides is 1. The SMILES string of the molecule is Cc1ccccc1CNC(=O)c1sccc1S(=O)(=O)N1CCCCC1. The van der Waals surface area contributed by atoms with Crippen molar-refractivity contribution in [3.05, 3.63) is 51.7 Å². The molecule has 1 aromatic carbocycles. The third-order valence-corrected chi connectivity index (χ3v) is 7.45. The molecule has 1 N–H and O–H groups in total. The number of sulfonamides is 1. The van der Waals surface area contributed by atoms with Crippen molar-refractivity contribution in [1.29, 1.82) is 0 Å². The maximum absolute atomic E-state index is 12.9. The Morgan fingerprint density at radius 3 is 2.60 bits per heavy atom. The summed E-state index contributed by atoms with van der Waals surface area (Å²) in [4.78, 5) is 12.9. The van der Waals surface area contributed by atoms with E-state index in [0.29, 0.717) is 19.6 Å². The number of hydrogen-bond donors (Lipinski definition) is 1. The molecule has 5 nitrogen and oxygen atoms in total. The first-order valence-corrected chi connectivity index (χ1v) is 10.7. The first-order chi connectivity index (χ1) is 12.0. The quantitative estimate of drug-likeness (QED) is 0.869. The lowest BCUT2D eigenvalue weighted by atomic mass is 10.1. The molecular weight excluding hydrogens is 356 g/mol. The third kappa shape index (κ3) is 3.94. The first-order valence-electron chi connectivity index (χ1n) is 8.40. The van der Waals surface area contributed by atoms with E-state index >= 15 is 0 Å². The molecular formula is C18H22N2O3S2. The van der Waals surface area contributed by atoms with Crippen molar-refractivity contribution in [3.63, 3.8) is 0 Å². The fraction of sp³-hybridized carbons (Fsp3) is 0.389. The minimum atomic E-state index is -3.60. The number of aryl methyl sites for hydroxylation is 1. The molecule has 3 rings (SSSR count). The van der Waals surface area contributed by atoms with Gasteiger partial charge in [-0.05, 0) is 42.3 Å². The number of hydrogen-bond acceptors (Lipinski definition) is 4. The predicted octanol–water partition coefficient (Wildman–Crippen LogP) is 3.16. The second kappa shape index (κ2) is 7.68. The molecule has 1 amide bonds. The van der Waals surface area contributed by atoms with E-state index in [1.807, 2.05) is 31.2 Å². The van der Waals surface area contributed by atoms with Crippen molar-refractivity contribution in [2.75, 3.05) is 13.1 Å². The number of nitrogens with one attached hydrogen (secondary N) is 1. The summed E-state index contributed by atoms with van der Waals surface area (Å²) in [7, 11) is -3.60. The van der Waals surface area contributed by atoms with Gasteiger partial charge in [0.1, 0.15) is 9.77 Å². The fourth-order valence-corrected chi connectivity index (χ4v) is 5.81. The standard InChI is InChI=1S/C18H22N2O3S2/c1-14-7-3-4-8-15(14)13-19-18(21)17-16(9-12-24-17)25(22,23)20-10-5-2-6-11-20/h3-4,7-9,12H,2,5-6,10-11,13H2,1H3,(H,19,21). The monoisotopic (exact) mass is 378 g/mol. The second-order valence-corrected chi connectivity index (χ2v) is 9.01. The van der Waals surface area contributed by atoms with Crippen molar-refractivity contribution in [1.82, 2.24) is 9.62 Å². The smallest absolute Gasteiger partial charge is 0.263 e. The molecule has 0 saturated carbocycles. The first kappa shape index (κ1) is 18.1. The van der Waals surface area contributed by atoms with E-state index < -0.39 is 10.0 Å². The van der Waals surface area contributed by atoms with Crippen LogP contribution in [0.25, 0.3) is 0 Å². The van der Waals surface area contributed by atoms with Crippen molar-refractivity contribution in [3.8, 4) is 0 Å². The van der Waals surface area contributed by atoms with Gasteiger partial charge in [0.25, 0.3) is 5.91 Å². The van der Waals surface area contributed by atoms with Gasteiger partial charge in [0.05, 0.1) is 0 Å². The molecule has 2 heterocycles. The van der Waals surface area contributed by atoms with E-state index in [1.54, 1.807) is 5.38 Å². The Labute approximate surface area is 152 Å². The average molecular weight is 379 g/mol. The molecule has 0 radical (unpaired) electrons.